The molecule has 3 heteroatoms. The molecule has 0 amide bonds. The molecule has 0 saturated heterocycles. The highest BCUT2D eigenvalue weighted by molar-refractivity contribution is 5.29. The first-order valence-corrected chi connectivity index (χ1v) is 5.32. The molecular formula is C13H15N3. The second-order valence-electron chi connectivity index (χ2n) is 3.92. The van der Waals surface area contributed by atoms with E-state index in [1.54, 1.807) is 0 Å². The van der Waals surface area contributed by atoms with E-state index < -0.39 is 0 Å². The lowest BCUT2D eigenvalue weighted by molar-refractivity contribution is 1.04. The van der Waals surface area contributed by atoms with E-state index in [2.05, 4.69) is 46.5 Å². The van der Waals surface area contributed by atoms with E-state index in [4.69, 9.17) is 0 Å². The molecule has 2 aromatic rings. The van der Waals surface area contributed by atoms with Crippen LogP contribution in [0.3, 0.4) is 0 Å². The first-order chi connectivity index (χ1) is 7.74. The van der Waals surface area contributed by atoms with Crippen LogP contribution >= 0.6 is 0 Å². The van der Waals surface area contributed by atoms with Gasteiger partial charge in [0.25, 0.3) is 0 Å². The highest BCUT2D eigenvalue weighted by atomic mass is 15.1. The largest absolute Gasteiger partial charge is 0.350 e. The van der Waals surface area contributed by atoms with Crippen molar-refractivity contribution in [3.63, 3.8) is 0 Å². The van der Waals surface area contributed by atoms with Crippen LogP contribution in [0.2, 0.25) is 0 Å². The molecule has 1 aromatic heterocycles. The summed E-state index contributed by atoms with van der Waals surface area (Å²) in [4.78, 5) is 8.38. The summed E-state index contributed by atoms with van der Waals surface area (Å²) in [6.45, 7) is 4.81. The monoisotopic (exact) mass is 213 g/mol. The first kappa shape index (κ1) is 10.6. The van der Waals surface area contributed by atoms with Crippen LogP contribution in [0.15, 0.2) is 36.7 Å². The third kappa shape index (κ3) is 2.79. The Labute approximate surface area is 95.6 Å². The van der Waals surface area contributed by atoms with Crippen LogP contribution in [0.5, 0.6) is 0 Å². The van der Waals surface area contributed by atoms with Gasteiger partial charge in [-0.05, 0) is 25.0 Å². The smallest absolute Gasteiger partial charge is 0.222 e. The zero-order valence-electron chi connectivity index (χ0n) is 9.57. The summed E-state index contributed by atoms with van der Waals surface area (Å²) in [6, 6.07) is 8.42. The Hall–Kier alpha value is -1.90. The molecule has 0 aliphatic heterocycles. The van der Waals surface area contributed by atoms with E-state index in [-0.39, 0.29) is 0 Å². The van der Waals surface area contributed by atoms with E-state index in [1.807, 2.05) is 19.3 Å². The average molecular weight is 213 g/mol. The fourth-order valence-corrected chi connectivity index (χ4v) is 1.37. The lowest BCUT2D eigenvalue weighted by Crippen LogP contribution is -2.03. The number of aryl methyl sites for hydroxylation is 2. The molecule has 3 nitrogen and oxygen atoms in total. The molecule has 0 aliphatic carbocycles. The summed E-state index contributed by atoms with van der Waals surface area (Å²) in [5.74, 6) is 0.672. The zero-order chi connectivity index (χ0) is 11.4. The van der Waals surface area contributed by atoms with E-state index in [9.17, 15) is 0 Å². The van der Waals surface area contributed by atoms with Gasteiger partial charge in [0.15, 0.2) is 0 Å². The Bertz CT molecular complexity index is 400. The van der Waals surface area contributed by atoms with Gasteiger partial charge in [-0.2, -0.15) is 0 Å². The van der Waals surface area contributed by atoms with Crippen molar-refractivity contribution >= 4 is 5.95 Å². The quantitative estimate of drug-likeness (QED) is 0.851. The summed E-state index contributed by atoms with van der Waals surface area (Å²) in [7, 11) is 0. The average Bonchev–Trinajstić information content (AvgIpc) is 2.30. The predicted molar refractivity (Wildman–Crippen MR) is 65.3 cm³/mol. The second-order valence-corrected chi connectivity index (χ2v) is 3.92. The maximum atomic E-state index is 4.19. The molecule has 16 heavy (non-hydrogen) atoms. The van der Waals surface area contributed by atoms with Crippen molar-refractivity contribution in [3.05, 3.63) is 53.3 Å². The van der Waals surface area contributed by atoms with Crippen LogP contribution in [0.1, 0.15) is 16.7 Å². The summed E-state index contributed by atoms with van der Waals surface area (Å²) in [6.07, 6.45) is 3.62. The minimum atomic E-state index is 0.672. The van der Waals surface area contributed by atoms with Crippen LogP contribution in [0.25, 0.3) is 0 Å². The standard InChI is InChI=1S/C13H15N3/c1-10-3-5-12(6-4-10)9-16-13-14-7-11(2)8-15-13/h3-8H,9H2,1-2H3,(H,14,15,16). The van der Waals surface area contributed by atoms with Gasteiger partial charge in [-0.25, -0.2) is 9.97 Å². The molecule has 0 saturated carbocycles. The highest BCUT2D eigenvalue weighted by Crippen LogP contribution is 2.05. The lowest BCUT2D eigenvalue weighted by Gasteiger charge is -2.05. The number of hydrogen-bond acceptors (Lipinski definition) is 3. The Morgan fingerprint density at radius 2 is 1.56 bits per heavy atom. The molecule has 82 valence electrons. The molecule has 0 unspecified atom stereocenters. The van der Waals surface area contributed by atoms with Gasteiger partial charge in [0, 0.05) is 18.9 Å². The van der Waals surface area contributed by atoms with Crippen LogP contribution in [-0.2, 0) is 6.54 Å². The molecule has 1 aromatic carbocycles. The van der Waals surface area contributed by atoms with Crippen molar-refractivity contribution in [2.24, 2.45) is 0 Å². The Kier molecular flexibility index (Phi) is 3.15. The molecule has 0 atom stereocenters. The van der Waals surface area contributed by atoms with Crippen molar-refractivity contribution in [3.8, 4) is 0 Å². The molecule has 0 bridgehead atoms. The Morgan fingerprint density at radius 3 is 2.19 bits per heavy atom. The van der Waals surface area contributed by atoms with Crippen molar-refractivity contribution in [1.82, 2.24) is 9.97 Å². The third-order valence-electron chi connectivity index (χ3n) is 2.35. The van der Waals surface area contributed by atoms with E-state index in [1.165, 1.54) is 11.1 Å². The number of hydrogen-bond donors (Lipinski definition) is 1. The number of benzene rings is 1. The fraction of sp³-hybridized carbons (Fsp3) is 0.231. The Balaban J connectivity index is 1.97. The van der Waals surface area contributed by atoms with Gasteiger partial charge < -0.3 is 5.32 Å². The second kappa shape index (κ2) is 4.75. The zero-order valence-corrected chi connectivity index (χ0v) is 9.57. The number of anilines is 1. The lowest BCUT2D eigenvalue weighted by atomic mass is 10.1. The van der Waals surface area contributed by atoms with Gasteiger partial charge in [-0.15, -0.1) is 0 Å². The maximum absolute atomic E-state index is 4.19. The SMILES string of the molecule is Cc1ccc(CNc2ncc(C)cn2)cc1. The first-order valence-electron chi connectivity index (χ1n) is 5.32. The van der Waals surface area contributed by atoms with Crippen LogP contribution in [-0.4, -0.2) is 9.97 Å². The Morgan fingerprint density at radius 1 is 0.938 bits per heavy atom. The number of aromatic nitrogens is 2. The highest BCUT2D eigenvalue weighted by Gasteiger charge is 1.95. The number of rotatable bonds is 3. The minimum absolute atomic E-state index is 0.672. The van der Waals surface area contributed by atoms with Crippen LogP contribution in [0, 0.1) is 13.8 Å². The molecular weight excluding hydrogens is 198 g/mol. The predicted octanol–water partition coefficient (Wildman–Crippen LogP) is 2.71. The van der Waals surface area contributed by atoms with Crippen molar-refractivity contribution in [2.75, 3.05) is 5.32 Å². The third-order valence-corrected chi connectivity index (χ3v) is 2.35. The molecule has 0 radical (unpaired) electrons. The van der Waals surface area contributed by atoms with E-state index in [0.29, 0.717) is 5.95 Å². The normalized spacial score (nSPS) is 10.1. The molecule has 0 fully saturated rings. The minimum Gasteiger partial charge on any atom is -0.350 e. The van der Waals surface area contributed by atoms with E-state index >= 15 is 0 Å². The molecule has 2 rings (SSSR count). The van der Waals surface area contributed by atoms with Gasteiger partial charge in [0.2, 0.25) is 5.95 Å². The van der Waals surface area contributed by atoms with Gasteiger partial charge >= 0.3 is 0 Å². The molecule has 1 heterocycles. The molecule has 0 aliphatic rings. The van der Waals surface area contributed by atoms with Crippen LogP contribution in [0.4, 0.5) is 5.95 Å². The number of nitrogens with zero attached hydrogens (tertiary/aromatic N) is 2. The topological polar surface area (TPSA) is 37.8 Å². The molecule has 1 N–H and O–H groups in total. The van der Waals surface area contributed by atoms with Gasteiger partial charge in [-0.1, -0.05) is 29.8 Å². The summed E-state index contributed by atoms with van der Waals surface area (Å²) < 4.78 is 0. The van der Waals surface area contributed by atoms with Crippen LogP contribution < -0.4 is 5.32 Å². The summed E-state index contributed by atoms with van der Waals surface area (Å²) in [5.41, 5.74) is 3.57. The maximum Gasteiger partial charge on any atom is 0.222 e. The summed E-state index contributed by atoms with van der Waals surface area (Å²) >= 11 is 0. The number of nitrogens with one attached hydrogen (secondary N) is 1. The van der Waals surface area contributed by atoms with Crippen molar-refractivity contribution in [1.29, 1.82) is 0 Å². The van der Waals surface area contributed by atoms with Gasteiger partial charge in [0.05, 0.1) is 0 Å². The van der Waals surface area contributed by atoms with E-state index in [0.717, 1.165) is 12.1 Å². The fourth-order valence-electron chi connectivity index (χ4n) is 1.37. The van der Waals surface area contributed by atoms with Gasteiger partial charge in [0.1, 0.15) is 0 Å². The van der Waals surface area contributed by atoms with Crippen molar-refractivity contribution < 1.29 is 0 Å². The van der Waals surface area contributed by atoms with Crippen molar-refractivity contribution in [2.45, 2.75) is 20.4 Å². The van der Waals surface area contributed by atoms with Gasteiger partial charge in [-0.3, -0.25) is 0 Å². The molecule has 0 spiro atoms. The summed E-state index contributed by atoms with van der Waals surface area (Å²) in [5, 5.41) is 3.19.